The molecular weight excluding hydrogens is 278 g/mol. The van der Waals surface area contributed by atoms with Crippen LogP contribution in [0.25, 0.3) is 0 Å². The monoisotopic (exact) mass is 297 g/mol. The van der Waals surface area contributed by atoms with E-state index < -0.39 is 9.84 Å². The van der Waals surface area contributed by atoms with Crippen molar-refractivity contribution < 1.29 is 13.2 Å². The first-order valence-electron chi connectivity index (χ1n) is 6.54. The van der Waals surface area contributed by atoms with Gasteiger partial charge >= 0.3 is 6.03 Å². The molecule has 1 saturated heterocycles. The number of sulfone groups is 1. The molecule has 1 fully saturated rings. The van der Waals surface area contributed by atoms with Gasteiger partial charge in [-0.15, -0.1) is 0 Å². The fraction of sp³-hybridized carbons (Fsp3) is 0.538. The van der Waals surface area contributed by atoms with Crippen LogP contribution in [0.1, 0.15) is 25.1 Å². The van der Waals surface area contributed by atoms with Crippen LogP contribution in [0.5, 0.6) is 0 Å². The Labute approximate surface area is 119 Å². The Morgan fingerprint density at radius 3 is 2.80 bits per heavy atom. The molecule has 2 amide bonds. The van der Waals surface area contributed by atoms with Crippen molar-refractivity contribution in [1.29, 1.82) is 0 Å². The van der Waals surface area contributed by atoms with Gasteiger partial charge in [-0.1, -0.05) is 6.07 Å². The van der Waals surface area contributed by atoms with Gasteiger partial charge in [-0.05, 0) is 25.5 Å². The second-order valence-corrected chi connectivity index (χ2v) is 7.32. The molecule has 2 heterocycles. The van der Waals surface area contributed by atoms with Gasteiger partial charge in [-0.3, -0.25) is 4.98 Å². The SMILES string of the molecule is C[C@H](NC(=O)N(C)[C@@H]1CCS(=O)(=O)C1)c1ccccn1. The standard InChI is InChI=1S/C13H19N3O3S/c1-10(12-5-3-4-7-14-12)15-13(17)16(2)11-6-8-20(18,19)9-11/h3-5,7,10-11H,6,8-9H2,1-2H3,(H,15,17)/t10-,11+/m0/s1. The third-order valence-electron chi connectivity index (χ3n) is 3.55. The summed E-state index contributed by atoms with van der Waals surface area (Å²) in [6.45, 7) is 1.85. The molecule has 0 bridgehead atoms. The van der Waals surface area contributed by atoms with Crippen molar-refractivity contribution in [3.8, 4) is 0 Å². The van der Waals surface area contributed by atoms with E-state index in [2.05, 4.69) is 10.3 Å². The van der Waals surface area contributed by atoms with Gasteiger partial charge in [-0.25, -0.2) is 13.2 Å². The van der Waals surface area contributed by atoms with E-state index in [0.29, 0.717) is 6.42 Å². The second-order valence-electron chi connectivity index (χ2n) is 5.09. The summed E-state index contributed by atoms with van der Waals surface area (Å²) in [4.78, 5) is 17.8. The summed E-state index contributed by atoms with van der Waals surface area (Å²) in [5.74, 6) is 0.208. The Bertz CT molecular complexity index is 574. The lowest BCUT2D eigenvalue weighted by molar-refractivity contribution is 0.191. The molecule has 1 N–H and O–H groups in total. The van der Waals surface area contributed by atoms with Gasteiger partial charge in [0.25, 0.3) is 0 Å². The molecule has 6 nitrogen and oxygen atoms in total. The molecule has 1 aromatic heterocycles. The number of urea groups is 1. The third-order valence-corrected chi connectivity index (χ3v) is 5.30. The zero-order valence-corrected chi connectivity index (χ0v) is 12.4. The van der Waals surface area contributed by atoms with Crippen LogP contribution >= 0.6 is 0 Å². The van der Waals surface area contributed by atoms with E-state index >= 15 is 0 Å². The molecule has 2 rings (SSSR count). The molecule has 0 aliphatic carbocycles. The predicted molar refractivity (Wildman–Crippen MR) is 76.0 cm³/mol. The molecule has 0 radical (unpaired) electrons. The Hall–Kier alpha value is -1.63. The molecule has 0 saturated carbocycles. The summed E-state index contributed by atoms with van der Waals surface area (Å²) in [6.07, 6.45) is 2.18. The van der Waals surface area contributed by atoms with E-state index in [-0.39, 0.29) is 29.6 Å². The first kappa shape index (κ1) is 14.8. The number of amides is 2. The normalized spacial score (nSPS) is 22.2. The zero-order valence-electron chi connectivity index (χ0n) is 11.6. The number of nitrogens with one attached hydrogen (secondary N) is 1. The quantitative estimate of drug-likeness (QED) is 0.901. The Kier molecular flexibility index (Phi) is 4.27. The van der Waals surface area contributed by atoms with Gasteiger partial charge in [0.1, 0.15) is 0 Å². The maximum absolute atomic E-state index is 12.1. The number of hydrogen-bond donors (Lipinski definition) is 1. The van der Waals surface area contributed by atoms with Gasteiger partial charge in [-0.2, -0.15) is 0 Å². The minimum Gasteiger partial charge on any atom is -0.330 e. The van der Waals surface area contributed by atoms with E-state index in [1.54, 1.807) is 13.2 Å². The van der Waals surface area contributed by atoms with Crippen LogP contribution in [0.2, 0.25) is 0 Å². The van der Waals surface area contributed by atoms with Crippen LogP contribution < -0.4 is 5.32 Å². The van der Waals surface area contributed by atoms with Crippen LogP contribution in [0.3, 0.4) is 0 Å². The van der Waals surface area contributed by atoms with Gasteiger partial charge in [0.15, 0.2) is 9.84 Å². The number of carbonyl (C=O) groups is 1. The fourth-order valence-electron chi connectivity index (χ4n) is 2.24. The van der Waals surface area contributed by atoms with Crippen LogP contribution in [-0.2, 0) is 9.84 Å². The Morgan fingerprint density at radius 2 is 2.25 bits per heavy atom. The lowest BCUT2D eigenvalue weighted by Crippen LogP contribution is -2.45. The summed E-state index contributed by atoms with van der Waals surface area (Å²) >= 11 is 0. The first-order chi connectivity index (χ1) is 9.39. The maximum atomic E-state index is 12.1. The van der Waals surface area contributed by atoms with E-state index in [4.69, 9.17) is 0 Å². The number of aromatic nitrogens is 1. The average Bonchev–Trinajstić information content (AvgIpc) is 2.79. The largest absolute Gasteiger partial charge is 0.330 e. The first-order valence-corrected chi connectivity index (χ1v) is 8.36. The van der Waals surface area contributed by atoms with Gasteiger partial charge < -0.3 is 10.2 Å². The molecule has 0 unspecified atom stereocenters. The highest BCUT2D eigenvalue weighted by Gasteiger charge is 2.33. The van der Waals surface area contributed by atoms with Crippen molar-refractivity contribution in [2.75, 3.05) is 18.6 Å². The number of pyridine rings is 1. The summed E-state index contributed by atoms with van der Waals surface area (Å²) in [6, 6.07) is 4.78. The molecule has 2 atom stereocenters. The molecule has 1 aromatic rings. The van der Waals surface area contributed by atoms with Crippen LogP contribution in [0, 0.1) is 0 Å². The number of nitrogens with zero attached hydrogens (tertiary/aromatic N) is 2. The summed E-state index contributed by atoms with van der Waals surface area (Å²) in [5, 5.41) is 2.83. The fourth-order valence-corrected chi connectivity index (χ4v) is 4.01. The lowest BCUT2D eigenvalue weighted by Gasteiger charge is -2.25. The second kappa shape index (κ2) is 5.78. The molecule has 1 aliphatic heterocycles. The van der Waals surface area contributed by atoms with Crippen molar-refractivity contribution in [2.24, 2.45) is 0 Å². The van der Waals surface area contributed by atoms with E-state index in [9.17, 15) is 13.2 Å². The van der Waals surface area contributed by atoms with E-state index in [0.717, 1.165) is 5.69 Å². The maximum Gasteiger partial charge on any atom is 0.317 e. The van der Waals surface area contributed by atoms with Crippen molar-refractivity contribution in [3.05, 3.63) is 30.1 Å². The van der Waals surface area contributed by atoms with E-state index in [1.807, 2.05) is 25.1 Å². The van der Waals surface area contributed by atoms with Crippen molar-refractivity contribution >= 4 is 15.9 Å². The Morgan fingerprint density at radius 1 is 1.50 bits per heavy atom. The highest BCUT2D eigenvalue weighted by Crippen LogP contribution is 2.17. The minimum absolute atomic E-state index is 0.0505. The van der Waals surface area contributed by atoms with Crippen LogP contribution in [-0.4, -0.2) is 48.9 Å². The van der Waals surface area contributed by atoms with Crippen LogP contribution in [0.4, 0.5) is 4.79 Å². The summed E-state index contributed by atoms with van der Waals surface area (Å²) in [7, 11) is -1.36. The van der Waals surface area contributed by atoms with Gasteiger partial charge in [0, 0.05) is 19.3 Å². The van der Waals surface area contributed by atoms with Gasteiger partial charge in [0.2, 0.25) is 0 Å². The number of carbonyl (C=O) groups excluding carboxylic acids is 1. The number of hydrogen-bond acceptors (Lipinski definition) is 4. The van der Waals surface area contributed by atoms with Crippen LogP contribution in [0.15, 0.2) is 24.4 Å². The topological polar surface area (TPSA) is 79.4 Å². The summed E-state index contributed by atoms with van der Waals surface area (Å²) < 4.78 is 22.9. The molecule has 0 aromatic carbocycles. The summed E-state index contributed by atoms with van der Waals surface area (Å²) in [5.41, 5.74) is 0.772. The van der Waals surface area contributed by atoms with Crippen molar-refractivity contribution in [3.63, 3.8) is 0 Å². The average molecular weight is 297 g/mol. The van der Waals surface area contributed by atoms with Crippen molar-refractivity contribution in [2.45, 2.75) is 25.4 Å². The molecule has 110 valence electrons. The highest BCUT2D eigenvalue weighted by molar-refractivity contribution is 7.91. The predicted octanol–water partition coefficient (Wildman–Crippen LogP) is 0.971. The minimum atomic E-state index is -2.99. The molecule has 0 spiro atoms. The van der Waals surface area contributed by atoms with Crippen molar-refractivity contribution in [1.82, 2.24) is 15.2 Å². The molecular formula is C13H19N3O3S. The molecule has 20 heavy (non-hydrogen) atoms. The molecule has 7 heteroatoms. The highest BCUT2D eigenvalue weighted by atomic mass is 32.2. The Balaban J connectivity index is 1.95. The van der Waals surface area contributed by atoms with E-state index in [1.165, 1.54) is 4.90 Å². The zero-order chi connectivity index (χ0) is 14.8. The smallest absolute Gasteiger partial charge is 0.317 e. The third kappa shape index (κ3) is 3.47. The van der Waals surface area contributed by atoms with Gasteiger partial charge in [0.05, 0.1) is 23.2 Å². The number of rotatable bonds is 3. The lowest BCUT2D eigenvalue weighted by atomic mass is 10.2. The molecule has 1 aliphatic rings.